The highest BCUT2D eigenvalue weighted by Gasteiger charge is 2.33. The monoisotopic (exact) mass is 227 g/mol. The van der Waals surface area contributed by atoms with Gasteiger partial charge in [0.2, 0.25) is 0 Å². The summed E-state index contributed by atoms with van der Waals surface area (Å²) in [6, 6.07) is 11.9. The fourth-order valence-corrected chi connectivity index (χ4v) is 2.26. The maximum atomic E-state index is 11.3. The van der Waals surface area contributed by atoms with E-state index in [1.54, 1.807) is 6.92 Å². The lowest BCUT2D eigenvalue weighted by molar-refractivity contribution is -0.132. The van der Waals surface area contributed by atoms with Gasteiger partial charge < -0.3 is 9.30 Å². The number of para-hydroxylation sites is 1. The number of benzene rings is 1. The first kappa shape index (κ1) is 10.3. The SMILES string of the molecule is CC1(C=O)OCc2ccccc2-n2cccc21. The first-order valence-electron chi connectivity index (χ1n) is 5.61. The van der Waals surface area contributed by atoms with E-state index in [9.17, 15) is 4.79 Å². The van der Waals surface area contributed by atoms with Gasteiger partial charge in [-0.2, -0.15) is 0 Å². The van der Waals surface area contributed by atoms with E-state index in [1.165, 1.54) is 0 Å². The molecule has 2 heterocycles. The number of rotatable bonds is 1. The van der Waals surface area contributed by atoms with Crippen molar-refractivity contribution in [1.29, 1.82) is 0 Å². The molecule has 0 amide bonds. The van der Waals surface area contributed by atoms with Crippen LogP contribution in [0.3, 0.4) is 0 Å². The van der Waals surface area contributed by atoms with Crippen LogP contribution in [0.5, 0.6) is 0 Å². The lowest BCUT2D eigenvalue weighted by Crippen LogP contribution is -2.28. The Morgan fingerprint density at radius 2 is 2.12 bits per heavy atom. The summed E-state index contributed by atoms with van der Waals surface area (Å²) in [7, 11) is 0. The van der Waals surface area contributed by atoms with Crippen LogP contribution >= 0.6 is 0 Å². The molecule has 2 aromatic rings. The Bertz CT molecular complexity index is 573. The Kier molecular flexibility index (Phi) is 2.16. The van der Waals surface area contributed by atoms with Gasteiger partial charge in [-0.05, 0) is 25.1 Å². The number of hydrogen-bond acceptors (Lipinski definition) is 2. The molecule has 3 nitrogen and oxygen atoms in total. The van der Waals surface area contributed by atoms with Crippen molar-refractivity contribution in [2.75, 3.05) is 0 Å². The van der Waals surface area contributed by atoms with Crippen molar-refractivity contribution in [3.63, 3.8) is 0 Å². The van der Waals surface area contributed by atoms with E-state index in [-0.39, 0.29) is 0 Å². The quantitative estimate of drug-likeness (QED) is 0.700. The Morgan fingerprint density at radius 1 is 1.29 bits per heavy atom. The van der Waals surface area contributed by atoms with Crippen LogP contribution in [0.4, 0.5) is 0 Å². The molecular formula is C14H13NO2. The number of carbonyl (C=O) groups is 1. The molecule has 1 atom stereocenters. The van der Waals surface area contributed by atoms with Crippen LogP contribution in [-0.4, -0.2) is 10.9 Å². The van der Waals surface area contributed by atoms with Crippen molar-refractivity contribution in [2.45, 2.75) is 19.1 Å². The van der Waals surface area contributed by atoms with Crippen LogP contribution in [0, 0.1) is 0 Å². The third kappa shape index (κ3) is 1.43. The molecule has 0 aliphatic carbocycles. The van der Waals surface area contributed by atoms with Crippen LogP contribution in [-0.2, 0) is 21.7 Å². The summed E-state index contributed by atoms with van der Waals surface area (Å²) in [5, 5.41) is 0. The van der Waals surface area contributed by atoms with Crippen LogP contribution in [0.1, 0.15) is 18.2 Å². The number of nitrogens with zero attached hydrogens (tertiary/aromatic N) is 1. The van der Waals surface area contributed by atoms with Gasteiger partial charge in [0.25, 0.3) is 0 Å². The maximum absolute atomic E-state index is 11.3. The van der Waals surface area contributed by atoms with Gasteiger partial charge >= 0.3 is 0 Å². The largest absolute Gasteiger partial charge is 0.357 e. The van der Waals surface area contributed by atoms with E-state index in [1.807, 2.05) is 47.2 Å². The van der Waals surface area contributed by atoms with Crippen LogP contribution in [0.15, 0.2) is 42.6 Å². The zero-order valence-electron chi connectivity index (χ0n) is 9.59. The van der Waals surface area contributed by atoms with E-state index >= 15 is 0 Å². The smallest absolute Gasteiger partial charge is 0.161 e. The first-order chi connectivity index (χ1) is 8.24. The molecule has 1 aromatic heterocycles. The number of hydrogen-bond donors (Lipinski definition) is 0. The average Bonchev–Trinajstić information content (AvgIpc) is 2.82. The second kappa shape index (κ2) is 3.57. The van der Waals surface area contributed by atoms with Crippen molar-refractivity contribution < 1.29 is 9.53 Å². The summed E-state index contributed by atoms with van der Waals surface area (Å²) in [5.74, 6) is 0. The lowest BCUT2D eigenvalue weighted by Gasteiger charge is -2.22. The van der Waals surface area contributed by atoms with E-state index in [0.29, 0.717) is 6.61 Å². The number of carbonyl (C=O) groups excluding carboxylic acids is 1. The van der Waals surface area contributed by atoms with Gasteiger partial charge in [-0.3, -0.25) is 4.79 Å². The maximum Gasteiger partial charge on any atom is 0.161 e. The topological polar surface area (TPSA) is 31.2 Å². The zero-order valence-corrected chi connectivity index (χ0v) is 9.59. The van der Waals surface area contributed by atoms with Gasteiger partial charge in [0.15, 0.2) is 11.9 Å². The second-order valence-electron chi connectivity index (χ2n) is 4.41. The van der Waals surface area contributed by atoms with Crippen LogP contribution < -0.4 is 0 Å². The molecule has 1 aliphatic heterocycles. The van der Waals surface area contributed by atoms with E-state index < -0.39 is 5.60 Å². The normalized spacial score (nSPS) is 22.4. The summed E-state index contributed by atoms with van der Waals surface area (Å²) < 4.78 is 7.79. The molecule has 0 saturated heterocycles. The summed E-state index contributed by atoms with van der Waals surface area (Å²) in [6.07, 6.45) is 2.83. The molecule has 0 N–H and O–H groups in total. The molecule has 0 bridgehead atoms. The van der Waals surface area contributed by atoms with Gasteiger partial charge in [-0.15, -0.1) is 0 Å². The summed E-state index contributed by atoms with van der Waals surface area (Å²) >= 11 is 0. The molecule has 3 heteroatoms. The molecule has 1 aliphatic rings. The Balaban J connectivity index is 2.28. The first-order valence-corrected chi connectivity index (χ1v) is 5.61. The number of ether oxygens (including phenoxy) is 1. The predicted octanol–water partition coefficient (Wildman–Crippen LogP) is 2.42. The molecule has 0 radical (unpaired) electrons. The summed E-state index contributed by atoms with van der Waals surface area (Å²) in [4.78, 5) is 11.3. The van der Waals surface area contributed by atoms with Crippen molar-refractivity contribution in [3.8, 4) is 5.69 Å². The fraction of sp³-hybridized carbons (Fsp3) is 0.214. The molecule has 86 valence electrons. The molecule has 17 heavy (non-hydrogen) atoms. The lowest BCUT2D eigenvalue weighted by atomic mass is 10.0. The van der Waals surface area contributed by atoms with Crippen LogP contribution in [0.2, 0.25) is 0 Å². The molecule has 3 rings (SSSR count). The molecule has 0 fully saturated rings. The molecule has 0 spiro atoms. The van der Waals surface area contributed by atoms with Gasteiger partial charge in [0.1, 0.15) is 0 Å². The van der Waals surface area contributed by atoms with Gasteiger partial charge in [0.05, 0.1) is 18.0 Å². The molecule has 0 saturated carbocycles. The molecule has 1 unspecified atom stereocenters. The minimum Gasteiger partial charge on any atom is -0.357 e. The molecule has 1 aromatic carbocycles. The number of aldehydes is 1. The molecular weight excluding hydrogens is 214 g/mol. The standard InChI is InChI=1S/C14H13NO2/c1-14(10-16)13-7-4-8-15(13)12-6-3-2-5-11(12)9-17-14/h2-8,10H,9H2,1H3. The fourth-order valence-electron chi connectivity index (χ4n) is 2.26. The third-order valence-electron chi connectivity index (χ3n) is 3.26. The van der Waals surface area contributed by atoms with E-state index in [4.69, 9.17) is 4.74 Å². The average molecular weight is 227 g/mol. The van der Waals surface area contributed by atoms with Gasteiger partial charge in [0, 0.05) is 11.8 Å². The second-order valence-corrected chi connectivity index (χ2v) is 4.41. The zero-order chi connectivity index (χ0) is 11.9. The minimum atomic E-state index is -0.872. The highest BCUT2D eigenvalue weighted by atomic mass is 16.5. The minimum absolute atomic E-state index is 0.451. The van der Waals surface area contributed by atoms with E-state index in [2.05, 4.69) is 0 Å². The van der Waals surface area contributed by atoms with Crippen molar-refractivity contribution in [1.82, 2.24) is 4.57 Å². The number of fused-ring (bicyclic) bond motifs is 3. The summed E-state index contributed by atoms with van der Waals surface area (Å²) in [5.41, 5.74) is 2.17. The Morgan fingerprint density at radius 3 is 2.94 bits per heavy atom. The highest BCUT2D eigenvalue weighted by Crippen LogP contribution is 2.32. The Hall–Kier alpha value is -1.87. The van der Waals surface area contributed by atoms with Gasteiger partial charge in [-0.25, -0.2) is 0 Å². The third-order valence-corrected chi connectivity index (χ3v) is 3.26. The van der Waals surface area contributed by atoms with Crippen LogP contribution in [0.25, 0.3) is 5.69 Å². The predicted molar refractivity (Wildman–Crippen MR) is 64.0 cm³/mol. The van der Waals surface area contributed by atoms with Crippen molar-refractivity contribution in [3.05, 3.63) is 53.9 Å². The summed E-state index contributed by atoms with van der Waals surface area (Å²) in [6.45, 7) is 2.25. The van der Waals surface area contributed by atoms with Gasteiger partial charge in [-0.1, -0.05) is 18.2 Å². The van der Waals surface area contributed by atoms with Crippen molar-refractivity contribution >= 4 is 6.29 Å². The van der Waals surface area contributed by atoms with Crippen molar-refractivity contribution in [2.24, 2.45) is 0 Å². The highest BCUT2D eigenvalue weighted by molar-refractivity contribution is 5.66. The Labute approximate surface area is 99.6 Å². The number of aromatic nitrogens is 1. The van der Waals surface area contributed by atoms with E-state index in [0.717, 1.165) is 23.2 Å².